The first-order valence-electron chi connectivity index (χ1n) is 3.53. The standard InChI is InChI=1S/C8H13P/c1-3-7-5-9-6-8(7)4-2/h5-6,9H,3-4H2,1-2H3. The van der Waals surface area contributed by atoms with Crippen LogP contribution >= 0.6 is 8.19 Å². The molecular weight excluding hydrogens is 127 g/mol. The van der Waals surface area contributed by atoms with E-state index in [2.05, 4.69) is 25.4 Å². The Morgan fingerprint density at radius 1 is 1.11 bits per heavy atom. The lowest BCUT2D eigenvalue weighted by atomic mass is 10.1. The predicted molar refractivity (Wildman–Crippen MR) is 44.7 cm³/mol. The third kappa shape index (κ3) is 1.37. The molecule has 0 amide bonds. The maximum absolute atomic E-state index is 2.36. The SMILES string of the molecule is CCc1c[pH]cc1CC. The quantitative estimate of drug-likeness (QED) is 0.592. The number of rotatable bonds is 2. The van der Waals surface area contributed by atoms with Crippen LogP contribution in [0.15, 0.2) is 11.6 Å². The molecule has 0 unspecified atom stereocenters. The highest BCUT2D eigenvalue weighted by Crippen LogP contribution is 2.19. The fraction of sp³-hybridized carbons (Fsp3) is 0.500. The summed E-state index contributed by atoms with van der Waals surface area (Å²) >= 11 is 0. The zero-order valence-electron chi connectivity index (χ0n) is 6.07. The minimum Gasteiger partial charge on any atom is -0.139 e. The lowest BCUT2D eigenvalue weighted by Crippen LogP contribution is -1.81. The van der Waals surface area contributed by atoms with Gasteiger partial charge >= 0.3 is 0 Å². The van der Waals surface area contributed by atoms with Gasteiger partial charge in [-0.25, -0.2) is 0 Å². The molecule has 1 heteroatoms. The Morgan fingerprint density at radius 3 is 1.89 bits per heavy atom. The Labute approximate surface area is 58.4 Å². The molecule has 0 nitrogen and oxygen atoms in total. The van der Waals surface area contributed by atoms with Crippen molar-refractivity contribution >= 4 is 8.19 Å². The van der Waals surface area contributed by atoms with Crippen molar-refractivity contribution in [2.75, 3.05) is 0 Å². The predicted octanol–water partition coefficient (Wildman–Crippen LogP) is 2.84. The van der Waals surface area contributed by atoms with E-state index in [1.165, 1.54) is 12.8 Å². The number of aryl methyl sites for hydroxylation is 2. The van der Waals surface area contributed by atoms with E-state index in [1.807, 2.05) is 0 Å². The van der Waals surface area contributed by atoms with E-state index in [-0.39, 0.29) is 0 Å². The van der Waals surface area contributed by atoms with Crippen LogP contribution in [-0.2, 0) is 12.8 Å². The zero-order chi connectivity index (χ0) is 6.69. The second kappa shape index (κ2) is 3.08. The summed E-state index contributed by atoms with van der Waals surface area (Å²) in [6.45, 7) is 4.45. The van der Waals surface area contributed by atoms with E-state index in [0.717, 1.165) is 8.19 Å². The van der Waals surface area contributed by atoms with Gasteiger partial charge in [0.05, 0.1) is 0 Å². The van der Waals surface area contributed by atoms with E-state index in [1.54, 1.807) is 11.1 Å². The van der Waals surface area contributed by atoms with Crippen LogP contribution in [-0.4, -0.2) is 0 Å². The van der Waals surface area contributed by atoms with Gasteiger partial charge in [-0.3, -0.25) is 0 Å². The third-order valence-corrected chi connectivity index (χ3v) is 2.72. The van der Waals surface area contributed by atoms with Gasteiger partial charge in [0, 0.05) is 0 Å². The van der Waals surface area contributed by atoms with Crippen molar-refractivity contribution in [1.29, 1.82) is 0 Å². The lowest BCUT2D eigenvalue weighted by molar-refractivity contribution is 1.06. The Kier molecular flexibility index (Phi) is 2.36. The van der Waals surface area contributed by atoms with E-state index >= 15 is 0 Å². The lowest BCUT2D eigenvalue weighted by Gasteiger charge is -1.94. The van der Waals surface area contributed by atoms with Crippen molar-refractivity contribution in [3.8, 4) is 0 Å². The molecule has 0 spiro atoms. The van der Waals surface area contributed by atoms with Crippen LogP contribution < -0.4 is 0 Å². The first kappa shape index (κ1) is 6.89. The highest BCUT2D eigenvalue weighted by atomic mass is 31.0. The van der Waals surface area contributed by atoms with Gasteiger partial charge < -0.3 is 0 Å². The van der Waals surface area contributed by atoms with Gasteiger partial charge in [0.2, 0.25) is 0 Å². The fourth-order valence-electron chi connectivity index (χ4n) is 1.09. The molecule has 50 valence electrons. The second-order valence-electron chi connectivity index (χ2n) is 2.21. The molecule has 0 fully saturated rings. The molecule has 0 N–H and O–H groups in total. The zero-order valence-corrected chi connectivity index (χ0v) is 7.07. The molecule has 0 radical (unpaired) electrons. The average molecular weight is 140 g/mol. The summed E-state index contributed by atoms with van der Waals surface area (Å²) in [6.07, 6.45) is 2.43. The van der Waals surface area contributed by atoms with Crippen LogP contribution in [0.2, 0.25) is 0 Å². The van der Waals surface area contributed by atoms with Crippen molar-refractivity contribution in [3.05, 3.63) is 22.7 Å². The van der Waals surface area contributed by atoms with Gasteiger partial charge in [0.15, 0.2) is 0 Å². The van der Waals surface area contributed by atoms with Gasteiger partial charge in [-0.05, 0) is 35.6 Å². The topological polar surface area (TPSA) is 0 Å². The maximum atomic E-state index is 2.36. The van der Waals surface area contributed by atoms with Gasteiger partial charge in [0.1, 0.15) is 0 Å². The summed E-state index contributed by atoms with van der Waals surface area (Å²) in [5, 5.41) is 0. The molecule has 0 aliphatic heterocycles. The van der Waals surface area contributed by atoms with Crippen LogP contribution in [0.4, 0.5) is 0 Å². The van der Waals surface area contributed by atoms with Gasteiger partial charge in [0.25, 0.3) is 0 Å². The Bertz CT molecular complexity index is 158. The molecule has 0 aliphatic carbocycles. The Hall–Kier alpha value is -0.220. The molecule has 1 aromatic rings. The molecule has 1 heterocycles. The van der Waals surface area contributed by atoms with Crippen molar-refractivity contribution in [2.24, 2.45) is 0 Å². The van der Waals surface area contributed by atoms with Crippen molar-refractivity contribution < 1.29 is 0 Å². The van der Waals surface area contributed by atoms with Gasteiger partial charge in [-0.15, -0.1) is 8.19 Å². The smallest absolute Gasteiger partial charge is 0.0301 e. The minimum absolute atomic E-state index is 0.959. The number of hydrogen-bond acceptors (Lipinski definition) is 0. The molecular formula is C8H13P. The highest BCUT2D eigenvalue weighted by molar-refractivity contribution is 7.28. The first-order chi connectivity index (χ1) is 4.38. The molecule has 0 saturated carbocycles. The Balaban J connectivity index is 2.85. The van der Waals surface area contributed by atoms with Crippen LogP contribution in [0.5, 0.6) is 0 Å². The molecule has 9 heavy (non-hydrogen) atoms. The van der Waals surface area contributed by atoms with Crippen molar-refractivity contribution in [3.63, 3.8) is 0 Å². The summed E-state index contributed by atoms with van der Waals surface area (Å²) in [5.74, 6) is 4.72. The highest BCUT2D eigenvalue weighted by Gasteiger charge is 1.95. The van der Waals surface area contributed by atoms with Gasteiger partial charge in [-0.2, -0.15) is 0 Å². The minimum atomic E-state index is 0.959. The van der Waals surface area contributed by atoms with Crippen molar-refractivity contribution in [1.82, 2.24) is 0 Å². The van der Waals surface area contributed by atoms with E-state index in [4.69, 9.17) is 0 Å². The summed E-state index contributed by atoms with van der Waals surface area (Å²) < 4.78 is 0. The fourth-order valence-corrected chi connectivity index (χ4v) is 2.35. The average Bonchev–Trinajstić information content (AvgIpc) is 2.33. The first-order valence-corrected chi connectivity index (χ1v) is 4.68. The van der Waals surface area contributed by atoms with Gasteiger partial charge in [-0.1, -0.05) is 13.8 Å². The molecule has 1 aromatic heterocycles. The van der Waals surface area contributed by atoms with E-state index < -0.39 is 0 Å². The van der Waals surface area contributed by atoms with Crippen LogP contribution in [0, 0.1) is 0 Å². The molecule has 0 aromatic carbocycles. The normalized spacial score (nSPS) is 10.0. The van der Waals surface area contributed by atoms with E-state index in [0.29, 0.717) is 0 Å². The summed E-state index contributed by atoms with van der Waals surface area (Å²) in [4.78, 5) is 0. The van der Waals surface area contributed by atoms with Crippen LogP contribution in [0.25, 0.3) is 0 Å². The van der Waals surface area contributed by atoms with Crippen LogP contribution in [0.1, 0.15) is 25.0 Å². The molecule has 1 rings (SSSR count). The maximum Gasteiger partial charge on any atom is -0.0301 e. The second-order valence-corrected chi connectivity index (χ2v) is 3.12. The third-order valence-electron chi connectivity index (χ3n) is 1.69. The molecule has 0 bridgehead atoms. The largest absolute Gasteiger partial charge is 0.139 e. The molecule has 0 saturated heterocycles. The van der Waals surface area contributed by atoms with Crippen LogP contribution in [0.3, 0.4) is 0 Å². The molecule has 0 aliphatic rings. The summed E-state index contributed by atoms with van der Waals surface area (Å²) in [7, 11) is 0.959. The summed E-state index contributed by atoms with van der Waals surface area (Å²) in [6, 6.07) is 0. The van der Waals surface area contributed by atoms with E-state index in [9.17, 15) is 0 Å². The number of hydrogen-bond donors (Lipinski definition) is 0. The summed E-state index contributed by atoms with van der Waals surface area (Å²) in [5.41, 5.74) is 3.16. The monoisotopic (exact) mass is 140 g/mol. The Morgan fingerprint density at radius 2 is 1.56 bits per heavy atom. The molecule has 0 atom stereocenters. The van der Waals surface area contributed by atoms with Crippen molar-refractivity contribution in [2.45, 2.75) is 26.7 Å².